The number of hydrogen-bond acceptors (Lipinski definition) is 7. The average molecular weight is 634 g/mol. The largest absolute Gasteiger partial charge is 0.461 e. The molecule has 0 N–H and O–H groups in total. The molecule has 1 aliphatic carbocycles. The Hall–Kier alpha value is -4.34. The Bertz CT molecular complexity index is 1980. The minimum Gasteiger partial charge on any atom is -0.461 e. The van der Waals surface area contributed by atoms with Gasteiger partial charge in [-0.25, -0.2) is 13.2 Å². The molecule has 8 rings (SSSR count). The zero-order chi connectivity index (χ0) is 31.7. The quantitative estimate of drug-likeness (QED) is 0.196. The molecule has 236 valence electrons. The smallest absolute Gasteiger partial charge is 0.319 e. The lowest BCUT2D eigenvalue weighted by Crippen LogP contribution is -2.43. The number of alkyl halides is 1. The fraction of sp³-hybridized carbons (Fsp3) is 0.382. The number of terminal acetylenes is 1. The highest BCUT2D eigenvalue weighted by atomic mass is 19.3. The third-order valence-corrected chi connectivity index (χ3v) is 9.89. The summed E-state index contributed by atoms with van der Waals surface area (Å²) in [6.07, 6.45) is 5.90. The second-order valence-corrected chi connectivity index (χ2v) is 12.4. The molecule has 0 unspecified atom stereocenters. The van der Waals surface area contributed by atoms with Gasteiger partial charge in [-0.15, -0.1) is 6.42 Å². The van der Waals surface area contributed by atoms with Gasteiger partial charge in [0.1, 0.15) is 35.6 Å². The van der Waals surface area contributed by atoms with Gasteiger partial charge in [-0.3, -0.25) is 9.88 Å². The number of aromatic nitrogens is 3. The Morgan fingerprint density at radius 3 is 2.85 bits per heavy atom. The molecule has 5 heterocycles. The van der Waals surface area contributed by atoms with E-state index in [4.69, 9.17) is 15.9 Å². The molecular formula is C34H28F5N5O2. The number of ether oxygens (including phenoxy) is 2. The highest BCUT2D eigenvalue weighted by molar-refractivity contribution is 6.02. The molecule has 2 aromatic heterocycles. The number of pyridine rings is 1. The molecule has 3 saturated heterocycles. The molecule has 7 nitrogen and oxygen atoms in total. The minimum absolute atomic E-state index is 0.0172. The van der Waals surface area contributed by atoms with Crippen LogP contribution in [0.2, 0.25) is 0 Å². The lowest BCUT2D eigenvalue weighted by Gasteiger charge is -2.31. The van der Waals surface area contributed by atoms with Crippen molar-refractivity contribution in [3.8, 4) is 29.6 Å². The van der Waals surface area contributed by atoms with Crippen molar-refractivity contribution in [2.75, 3.05) is 44.4 Å². The molecule has 3 aliphatic heterocycles. The van der Waals surface area contributed by atoms with Gasteiger partial charge >= 0.3 is 6.01 Å². The number of hydrogen-bond donors (Lipinski definition) is 0. The van der Waals surface area contributed by atoms with E-state index in [0.717, 1.165) is 6.42 Å². The van der Waals surface area contributed by atoms with Gasteiger partial charge in [0.15, 0.2) is 5.82 Å². The van der Waals surface area contributed by atoms with Crippen LogP contribution >= 0.6 is 0 Å². The van der Waals surface area contributed by atoms with Gasteiger partial charge in [0, 0.05) is 41.7 Å². The van der Waals surface area contributed by atoms with E-state index in [1.54, 1.807) is 29.2 Å². The summed E-state index contributed by atoms with van der Waals surface area (Å²) in [5.74, 6) is 0.835. The fourth-order valence-electron chi connectivity index (χ4n) is 7.54. The van der Waals surface area contributed by atoms with Crippen molar-refractivity contribution in [3.63, 3.8) is 0 Å². The van der Waals surface area contributed by atoms with E-state index in [0.29, 0.717) is 36.9 Å². The zero-order valence-corrected chi connectivity index (χ0v) is 24.6. The van der Waals surface area contributed by atoms with Gasteiger partial charge in [0.2, 0.25) is 0 Å². The standard InChI is InChI=1S/C34H28F5N5O2/c1-2-20-24(35)8-7-18-5-3-6-21(25(18)20)28-27(37)29-22(14-40-28)32(44-11-12-45-16-23-26(36)30(23)44)42-33(41-29)46-17-34-9-4-10-43(34)15-19(13-34)31(38)39/h1,3,5-8,14,23,26,30H,4,9-13,15-17H2/t23-,26-,30-,34+/m0/s1. The molecule has 0 radical (unpaired) electrons. The Morgan fingerprint density at radius 2 is 2.02 bits per heavy atom. The van der Waals surface area contributed by atoms with Crippen LogP contribution in [0.4, 0.5) is 27.8 Å². The fourth-order valence-corrected chi connectivity index (χ4v) is 7.54. The molecule has 4 fully saturated rings. The topological polar surface area (TPSA) is 63.6 Å². The van der Waals surface area contributed by atoms with Crippen LogP contribution < -0.4 is 9.64 Å². The van der Waals surface area contributed by atoms with E-state index in [2.05, 4.69) is 20.9 Å². The first-order valence-electron chi connectivity index (χ1n) is 15.2. The van der Waals surface area contributed by atoms with E-state index in [9.17, 15) is 17.6 Å². The monoisotopic (exact) mass is 633 g/mol. The van der Waals surface area contributed by atoms with Crippen LogP contribution in [-0.2, 0) is 4.74 Å². The second kappa shape index (κ2) is 10.9. The lowest BCUT2D eigenvalue weighted by atomic mass is 9.94. The molecule has 46 heavy (non-hydrogen) atoms. The van der Waals surface area contributed by atoms with Crippen molar-refractivity contribution in [2.45, 2.75) is 37.0 Å². The van der Waals surface area contributed by atoms with Crippen molar-refractivity contribution < 1.29 is 31.4 Å². The SMILES string of the molecule is C#Cc1c(F)ccc2cccc(-c3ncc4c(N5CCOC[C@H]6[C@H](F)[C@H]65)nc(OC[C@]56CCCN5CC(=C(F)F)C6)nc4c3F)c12. The summed E-state index contributed by atoms with van der Waals surface area (Å²) in [5, 5.41) is 1.18. The van der Waals surface area contributed by atoms with Gasteiger partial charge in [-0.1, -0.05) is 30.2 Å². The normalized spacial score (nSPS) is 25.8. The van der Waals surface area contributed by atoms with Crippen LogP contribution in [0.5, 0.6) is 6.01 Å². The van der Waals surface area contributed by atoms with Crippen LogP contribution in [0.1, 0.15) is 24.8 Å². The van der Waals surface area contributed by atoms with E-state index in [1.165, 1.54) is 12.3 Å². The first-order valence-corrected chi connectivity index (χ1v) is 15.2. The van der Waals surface area contributed by atoms with Gasteiger partial charge in [0.05, 0.1) is 35.7 Å². The zero-order valence-electron chi connectivity index (χ0n) is 24.6. The van der Waals surface area contributed by atoms with Crippen molar-refractivity contribution in [3.05, 3.63) is 65.4 Å². The highest BCUT2D eigenvalue weighted by Gasteiger charge is 2.56. The summed E-state index contributed by atoms with van der Waals surface area (Å²) in [4.78, 5) is 17.3. The van der Waals surface area contributed by atoms with Gasteiger partial charge < -0.3 is 14.4 Å². The minimum atomic E-state index is -1.68. The second-order valence-electron chi connectivity index (χ2n) is 12.4. The Labute approximate surface area is 261 Å². The summed E-state index contributed by atoms with van der Waals surface area (Å²) in [7, 11) is 0. The molecule has 4 aliphatic rings. The van der Waals surface area contributed by atoms with E-state index in [1.807, 2.05) is 4.90 Å². The molecule has 0 amide bonds. The van der Waals surface area contributed by atoms with E-state index in [-0.39, 0.29) is 77.2 Å². The number of anilines is 1. The molecule has 4 atom stereocenters. The maximum atomic E-state index is 16.7. The third kappa shape index (κ3) is 4.51. The first-order chi connectivity index (χ1) is 22.3. The lowest BCUT2D eigenvalue weighted by molar-refractivity contribution is 0.108. The molecule has 2 aromatic carbocycles. The van der Waals surface area contributed by atoms with E-state index < -0.39 is 35.5 Å². The molecule has 4 aromatic rings. The maximum Gasteiger partial charge on any atom is 0.319 e. The maximum absolute atomic E-state index is 16.7. The summed E-state index contributed by atoms with van der Waals surface area (Å²) >= 11 is 0. The number of fused-ring (bicyclic) bond motifs is 4. The Balaban J connectivity index is 1.27. The van der Waals surface area contributed by atoms with E-state index >= 15 is 4.39 Å². The molecule has 12 heteroatoms. The average Bonchev–Trinajstić information content (AvgIpc) is 3.39. The van der Waals surface area contributed by atoms with Crippen LogP contribution in [0, 0.1) is 29.9 Å². The summed E-state index contributed by atoms with van der Waals surface area (Å²) < 4.78 is 85.3. The van der Waals surface area contributed by atoms with Crippen molar-refractivity contribution >= 4 is 27.5 Å². The van der Waals surface area contributed by atoms with Gasteiger partial charge in [-0.2, -0.15) is 18.7 Å². The van der Waals surface area contributed by atoms with Gasteiger partial charge in [0.25, 0.3) is 6.08 Å². The van der Waals surface area contributed by atoms with Crippen LogP contribution in [0.15, 0.2) is 48.2 Å². The summed E-state index contributed by atoms with van der Waals surface area (Å²) in [5.41, 5.74) is -0.537. The van der Waals surface area contributed by atoms with Gasteiger partial charge in [-0.05, 0) is 37.3 Å². The number of benzene rings is 2. The molecular weight excluding hydrogens is 605 g/mol. The first kappa shape index (κ1) is 29.1. The number of nitrogens with zero attached hydrogens (tertiary/aromatic N) is 5. The van der Waals surface area contributed by atoms with Crippen molar-refractivity contribution in [1.29, 1.82) is 0 Å². The third-order valence-electron chi connectivity index (χ3n) is 9.89. The Kier molecular flexibility index (Phi) is 6.88. The van der Waals surface area contributed by atoms with Crippen molar-refractivity contribution in [1.82, 2.24) is 19.9 Å². The molecule has 0 bridgehead atoms. The number of rotatable bonds is 5. The Morgan fingerprint density at radius 1 is 1.15 bits per heavy atom. The van der Waals surface area contributed by atoms with Crippen LogP contribution in [0.25, 0.3) is 32.9 Å². The van der Waals surface area contributed by atoms with Crippen LogP contribution in [-0.4, -0.2) is 77.1 Å². The predicted octanol–water partition coefficient (Wildman–Crippen LogP) is 6.05. The summed E-state index contributed by atoms with van der Waals surface area (Å²) in [6.45, 7) is 1.72. The molecule has 1 saturated carbocycles. The molecule has 0 spiro atoms. The summed E-state index contributed by atoms with van der Waals surface area (Å²) in [6, 6.07) is 7.19. The van der Waals surface area contributed by atoms with Crippen LogP contribution in [0.3, 0.4) is 0 Å². The number of halogens is 5. The van der Waals surface area contributed by atoms with Crippen molar-refractivity contribution in [2.24, 2.45) is 5.92 Å². The highest BCUT2D eigenvalue weighted by Crippen LogP contribution is 2.46. The predicted molar refractivity (Wildman–Crippen MR) is 161 cm³/mol.